The van der Waals surface area contributed by atoms with E-state index in [9.17, 15) is 13.2 Å². The molecule has 0 unspecified atom stereocenters. The van der Waals surface area contributed by atoms with Crippen molar-refractivity contribution in [3.05, 3.63) is 77.6 Å². The van der Waals surface area contributed by atoms with Gasteiger partial charge in [0.2, 0.25) is 10.0 Å². The molecule has 1 aromatic heterocycles. The van der Waals surface area contributed by atoms with E-state index >= 15 is 0 Å². The minimum atomic E-state index is -3.84. The summed E-state index contributed by atoms with van der Waals surface area (Å²) in [6.07, 6.45) is 0.931. The number of morpholine rings is 1. The number of ether oxygens (including phenoxy) is 1. The number of hydrogen-bond donors (Lipinski definition) is 0. The Morgan fingerprint density at radius 2 is 1.88 bits per heavy atom. The Balaban J connectivity index is 1.43. The number of sulfonamides is 1. The first kappa shape index (κ1) is 22.5. The van der Waals surface area contributed by atoms with E-state index in [1.54, 1.807) is 23.9 Å². The predicted octanol–water partition coefficient (Wildman–Crippen LogP) is 2.57. The lowest BCUT2D eigenvalue weighted by Gasteiger charge is -2.33. The number of nitrogens with zero attached hydrogens (tertiary/aromatic N) is 4. The van der Waals surface area contributed by atoms with Crippen molar-refractivity contribution >= 4 is 27.5 Å². The molecule has 32 heavy (non-hydrogen) atoms. The number of para-hydroxylation sites is 1. The van der Waals surface area contributed by atoms with Crippen LogP contribution in [0, 0.1) is 0 Å². The molecular formula is C22H23ClN4O4S. The fourth-order valence-corrected chi connectivity index (χ4v) is 5.44. The van der Waals surface area contributed by atoms with Crippen molar-refractivity contribution in [1.82, 2.24) is 19.0 Å². The highest BCUT2D eigenvalue weighted by molar-refractivity contribution is 7.89. The Labute approximate surface area is 192 Å². The Kier molecular flexibility index (Phi) is 6.61. The van der Waals surface area contributed by atoms with Gasteiger partial charge in [-0.3, -0.25) is 4.79 Å². The molecule has 1 fully saturated rings. The summed E-state index contributed by atoms with van der Waals surface area (Å²) in [6, 6.07) is 17.8. The fraction of sp³-hybridized carbons (Fsp3) is 0.273. The lowest BCUT2D eigenvalue weighted by Crippen LogP contribution is -2.51. The average Bonchev–Trinajstić information content (AvgIpc) is 3.28. The molecule has 1 saturated heterocycles. The van der Waals surface area contributed by atoms with E-state index < -0.39 is 16.1 Å². The van der Waals surface area contributed by atoms with E-state index in [-0.39, 0.29) is 42.1 Å². The fourth-order valence-electron chi connectivity index (χ4n) is 3.52. The van der Waals surface area contributed by atoms with E-state index in [2.05, 4.69) is 5.10 Å². The predicted molar refractivity (Wildman–Crippen MR) is 120 cm³/mol. The van der Waals surface area contributed by atoms with Crippen LogP contribution in [0.15, 0.2) is 71.8 Å². The Morgan fingerprint density at radius 1 is 1.16 bits per heavy atom. The van der Waals surface area contributed by atoms with E-state index in [0.29, 0.717) is 5.69 Å². The molecule has 1 aliphatic rings. The van der Waals surface area contributed by atoms with Gasteiger partial charge in [-0.25, -0.2) is 13.1 Å². The summed E-state index contributed by atoms with van der Waals surface area (Å²) in [5, 5.41) is 4.66. The van der Waals surface area contributed by atoms with Crippen molar-refractivity contribution in [3.63, 3.8) is 0 Å². The second-order valence-electron chi connectivity index (χ2n) is 7.43. The minimum absolute atomic E-state index is 0.0228. The van der Waals surface area contributed by atoms with Gasteiger partial charge in [0, 0.05) is 26.3 Å². The third-order valence-corrected chi connectivity index (χ3v) is 7.56. The molecule has 0 spiro atoms. The van der Waals surface area contributed by atoms with Gasteiger partial charge in [0.05, 0.1) is 29.6 Å². The number of rotatable bonds is 6. The highest BCUT2D eigenvalue weighted by Gasteiger charge is 2.36. The Morgan fingerprint density at radius 3 is 2.62 bits per heavy atom. The summed E-state index contributed by atoms with van der Waals surface area (Å²) in [5.74, 6) is -0.307. The Hall–Kier alpha value is -2.72. The number of hydrogen-bond acceptors (Lipinski definition) is 5. The smallest absolute Gasteiger partial charge is 0.253 e. The van der Waals surface area contributed by atoms with Crippen molar-refractivity contribution in [2.75, 3.05) is 26.7 Å². The van der Waals surface area contributed by atoms with Crippen LogP contribution in [-0.4, -0.2) is 66.2 Å². The van der Waals surface area contributed by atoms with Crippen molar-refractivity contribution in [2.24, 2.45) is 0 Å². The molecule has 2 aromatic carbocycles. The van der Waals surface area contributed by atoms with Crippen LogP contribution in [-0.2, 0) is 26.1 Å². The number of likely N-dealkylation sites (N-methyl/N-ethyl adjacent to an activating group) is 1. The number of benzene rings is 2. The van der Waals surface area contributed by atoms with Gasteiger partial charge in [0.15, 0.2) is 0 Å². The molecule has 3 aromatic rings. The summed E-state index contributed by atoms with van der Waals surface area (Å²) in [4.78, 5) is 14.5. The maximum absolute atomic E-state index is 13.0. The van der Waals surface area contributed by atoms with E-state index in [0.717, 1.165) is 5.69 Å². The van der Waals surface area contributed by atoms with Gasteiger partial charge >= 0.3 is 0 Å². The first-order chi connectivity index (χ1) is 15.4. The summed E-state index contributed by atoms with van der Waals surface area (Å²) >= 11 is 6.09. The molecule has 2 heterocycles. The maximum Gasteiger partial charge on any atom is 0.253 e. The molecular weight excluding hydrogens is 452 g/mol. The van der Waals surface area contributed by atoms with Crippen LogP contribution in [0.5, 0.6) is 0 Å². The van der Waals surface area contributed by atoms with Crippen molar-refractivity contribution in [2.45, 2.75) is 17.5 Å². The van der Waals surface area contributed by atoms with Crippen LogP contribution < -0.4 is 0 Å². The van der Waals surface area contributed by atoms with Crippen molar-refractivity contribution in [1.29, 1.82) is 0 Å². The number of carbonyl (C=O) groups is 1. The summed E-state index contributed by atoms with van der Waals surface area (Å²) in [5.41, 5.74) is 1.63. The number of halogens is 1. The molecule has 0 bridgehead atoms. The van der Waals surface area contributed by atoms with E-state index in [1.807, 2.05) is 42.6 Å². The molecule has 0 radical (unpaired) electrons. The Bertz CT molecular complexity index is 1200. The summed E-state index contributed by atoms with van der Waals surface area (Å²) in [6.45, 7) is 0.476. The van der Waals surface area contributed by atoms with Crippen molar-refractivity contribution in [3.8, 4) is 5.69 Å². The normalized spacial score (nSPS) is 17.2. The van der Waals surface area contributed by atoms with Gasteiger partial charge in [-0.05, 0) is 30.3 Å². The third kappa shape index (κ3) is 4.71. The van der Waals surface area contributed by atoms with Crippen LogP contribution in [0.25, 0.3) is 5.69 Å². The van der Waals surface area contributed by atoms with Gasteiger partial charge in [0.25, 0.3) is 5.91 Å². The molecule has 1 atom stereocenters. The quantitative estimate of drug-likeness (QED) is 0.548. The number of aromatic nitrogens is 2. The molecule has 4 rings (SSSR count). The monoisotopic (exact) mass is 474 g/mol. The van der Waals surface area contributed by atoms with Gasteiger partial charge in [0.1, 0.15) is 11.0 Å². The summed E-state index contributed by atoms with van der Waals surface area (Å²) < 4.78 is 34.6. The van der Waals surface area contributed by atoms with Crippen LogP contribution in [0.1, 0.15) is 5.69 Å². The third-order valence-electron chi connectivity index (χ3n) is 5.20. The second-order valence-corrected chi connectivity index (χ2v) is 9.75. The molecule has 10 heteroatoms. The lowest BCUT2D eigenvalue weighted by atomic mass is 10.2. The molecule has 0 N–H and O–H groups in total. The van der Waals surface area contributed by atoms with Gasteiger partial charge in [-0.15, -0.1) is 0 Å². The lowest BCUT2D eigenvalue weighted by molar-refractivity contribution is -0.146. The van der Waals surface area contributed by atoms with E-state index in [4.69, 9.17) is 16.3 Å². The zero-order valence-electron chi connectivity index (χ0n) is 17.5. The topological polar surface area (TPSA) is 84.7 Å². The van der Waals surface area contributed by atoms with Crippen LogP contribution in [0.4, 0.5) is 0 Å². The first-order valence-corrected chi connectivity index (χ1v) is 11.9. The standard InChI is InChI=1S/C22H23ClN4O4S/c1-25(15-17-11-12-27(24-17)18-7-3-2-4-8-18)22(28)20-16-26(13-14-31-20)32(29,30)21-10-6-5-9-19(21)23/h2-12,20H,13-16H2,1H3/t20-/m0/s1. The maximum atomic E-state index is 13.0. The van der Waals surface area contributed by atoms with E-state index in [1.165, 1.54) is 21.3 Å². The molecule has 0 saturated carbocycles. The van der Waals surface area contributed by atoms with Gasteiger partial charge < -0.3 is 9.64 Å². The molecule has 168 valence electrons. The zero-order chi connectivity index (χ0) is 22.7. The average molecular weight is 475 g/mol. The second kappa shape index (κ2) is 9.41. The molecule has 0 aliphatic carbocycles. The largest absolute Gasteiger partial charge is 0.366 e. The van der Waals surface area contributed by atoms with Gasteiger partial charge in [-0.2, -0.15) is 9.40 Å². The highest BCUT2D eigenvalue weighted by atomic mass is 35.5. The number of carbonyl (C=O) groups excluding carboxylic acids is 1. The van der Waals surface area contributed by atoms with Crippen LogP contribution >= 0.6 is 11.6 Å². The van der Waals surface area contributed by atoms with Crippen LogP contribution in [0.2, 0.25) is 5.02 Å². The molecule has 8 nitrogen and oxygen atoms in total. The van der Waals surface area contributed by atoms with Crippen molar-refractivity contribution < 1.29 is 17.9 Å². The highest BCUT2D eigenvalue weighted by Crippen LogP contribution is 2.26. The van der Waals surface area contributed by atoms with Gasteiger partial charge in [-0.1, -0.05) is 41.9 Å². The molecule has 1 aliphatic heterocycles. The zero-order valence-corrected chi connectivity index (χ0v) is 19.0. The van der Waals surface area contributed by atoms with Crippen LogP contribution in [0.3, 0.4) is 0 Å². The molecule has 1 amide bonds. The SMILES string of the molecule is CN(Cc1ccn(-c2ccccc2)n1)C(=O)[C@@H]1CN(S(=O)(=O)c2ccccc2Cl)CCO1. The summed E-state index contributed by atoms with van der Waals surface area (Å²) in [7, 11) is -2.19. The first-order valence-electron chi connectivity index (χ1n) is 10.1. The minimum Gasteiger partial charge on any atom is -0.366 e. The number of amides is 1.